The van der Waals surface area contributed by atoms with E-state index in [0.717, 1.165) is 18.2 Å². The molecule has 108 valence electrons. The average molecular weight is 290 g/mol. The van der Waals surface area contributed by atoms with Crippen LogP contribution in [0, 0.1) is 15.9 Å². The summed E-state index contributed by atoms with van der Waals surface area (Å²) in [6.07, 6.45) is 0. The van der Waals surface area contributed by atoms with Crippen LogP contribution in [0.3, 0.4) is 0 Å². The van der Waals surface area contributed by atoms with Crippen LogP contribution in [-0.4, -0.2) is 15.9 Å². The van der Waals surface area contributed by atoms with Gasteiger partial charge in [0.1, 0.15) is 0 Å². The number of hydrogen-bond donors (Lipinski definition) is 2. The Morgan fingerprint density at radius 1 is 1.29 bits per heavy atom. The molecule has 0 heterocycles. The third-order valence-electron chi connectivity index (χ3n) is 2.77. The number of nitro benzene ring substituents is 1. The summed E-state index contributed by atoms with van der Waals surface area (Å²) in [4.78, 5) is 21.7. The van der Waals surface area contributed by atoms with Crippen LogP contribution < -0.4 is 5.32 Å². The Labute approximate surface area is 119 Å². The monoisotopic (exact) mass is 290 g/mol. The number of nitro groups is 1. The highest BCUT2D eigenvalue weighted by Gasteiger charge is 2.17. The molecule has 0 fully saturated rings. The minimum absolute atomic E-state index is 0.0301. The summed E-state index contributed by atoms with van der Waals surface area (Å²) in [5, 5.41) is 22.2. The van der Waals surface area contributed by atoms with E-state index in [1.54, 1.807) is 24.3 Å². The van der Waals surface area contributed by atoms with Gasteiger partial charge in [-0.25, -0.2) is 0 Å². The average Bonchev–Trinajstić information content (AvgIpc) is 2.47. The van der Waals surface area contributed by atoms with Crippen molar-refractivity contribution in [3.05, 3.63) is 69.5 Å². The van der Waals surface area contributed by atoms with E-state index in [2.05, 4.69) is 5.32 Å². The van der Waals surface area contributed by atoms with E-state index in [0.29, 0.717) is 11.3 Å². The van der Waals surface area contributed by atoms with Crippen LogP contribution in [0.15, 0.2) is 42.5 Å². The van der Waals surface area contributed by atoms with Crippen molar-refractivity contribution in [2.75, 3.05) is 5.32 Å². The van der Waals surface area contributed by atoms with Crippen LogP contribution in [0.5, 0.6) is 0 Å². The summed E-state index contributed by atoms with van der Waals surface area (Å²) in [5.74, 6) is -1.60. The number of benzene rings is 2. The summed E-state index contributed by atoms with van der Waals surface area (Å²) >= 11 is 0. The van der Waals surface area contributed by atoms with Crippen LogP contribution in [0.25, 0.3) is 0 Å². The van der Waals surface area contributed by atoms with Gasteiger partial charge in [0.25, 0.3) is 5.91 Å². The molecular formula is C14H11FN2O4. The minimum atomic E-state index is -1.00. The third kappa shape index (κ3) is 3.40. The maximum absolute atomic E-state index is 13.2. The van der Waals surface area contributed by atoms with Crippen molar-refractivity contribution in [2.24, 2.45) is 0 Å². The van der Waals surface area contributed by atoms with Gasteiger partial charge < -0.3 is 10.4 Å². The molecule has 2 rings (SSSR count). The van der Waals surface area contributed by atoms with Crippen molar-refractivity contribution in [1.29, 1.82) is 0 Å². The first-order valence-corrected chi connectivity index (χ1v) is 5.96. The quantitative estimate of drug-likeness (QED) is 0.668. The van der Waals surface area contributed by atoms with Crippen LogP contribution >= 0.6 is 0 Å². The maximum atomic E-state index is 13.2. The Morgan fingerprint density at radius 3 is 2.71 bits per heavy atom. The lowest BCUT2D eigenvalue weighted by Gasteiger charge is -2.06. The number of nitrogens with one attached hydrogen (secondary N) is 1. The molecule has 7 heteroatoms. The zero-order valence-electron chi connectivity index (χ0n) is 10.7. The van der Waals surface area contributed by atoms with Gasteiger partial charge in [0.05, 0.1) is 11.5 Å². The number of carbonyl (C=O) groups is 1. The second-order valence-electron chi connectivity index (χ2n) is 4.24. The molecule has 0 atom stereocenters. The van der Waals surface area contributed by atoms with Crippen molar-refractivity contribution in [3.63, 3.8) is 0 Å². The topological polar surface area (TPSA) is 92.5 Å². The van der Waals surface area contributed by atoms with Gasteiger partial charge in [-0.2, -0.15) is 4.39 Å². The van der Waals surface area contributed by atoms with E-state index >= 15 is 0 Å². The first-order chi connectivity index (χ1) is 10.0. The molecule has 0 saturated heterocycles. The summed E-state index contributed by atoms with van der Waals surface area (Å²) in [6.45, 7) is -0.175. The molecule has 2 aromatic rings. The second-order valence-corrected chi connectivity index (χ2v) is 4.24. The SMILES string of the molecule is O=C(Nc1cccc(CO)c1)c1ccc(F)c([N+](=O)[O-])c1. The van der Waals surface area contributed by atoms with Crippen molar-refractivity contribution in [3.8, 4) is 0 Å². The lowest BCUT2D eigenvalue weighted by Crippen LogP contribution is -2.12. The fourth-order valence-corrected chi connectivity index (χ4v) is 1.74. The molecule has 0 radical (unpaired) electrons. The lowest BCUT2D eigenvalue weighted by atomic mass is 10.1. The molecule has 0 aliphatic heterocycles. The Morgan fingerprint density at radius 2 is 2.05 bits per heavy atom. The first-order valence-electron chi connectivity index (χ1n) is 5.96. The molecule has 0 aliphatic carbocycles. The number of halogens is 1. The highest BCUT2D eigenvalue weighted by molar-refractivity contribution is 6.04. The Balaban J connectivity index is 2.24. The predicted molar refractivity (Wildman–Crippen MR) is 73.4 cm³/mol. The fraction of sp³-hybridized carbons (Fsp3) is 0.0714. The van der Waals surface area contributed by atoms with E-state index in [9.17, 15) is 19.3 Å². The van der Waals surface area contributed by atoms with E-state index in [-0.39, 0.29) is 12.2 Å². The largest absolute Gasteiger partial charge is 0.392 e. The van der Waals surface area contributed by atoms with Crippen molar-refractivity contribution in [2.45, 2.75) is 6.61 Å². The van der Waals surface area contributed by atoms with Crippen molar-refractivity contribution >= 4 is 17.3 Å². The van der Waals surface area contributed by atoms with Gasteiger partial charge in [-0.15, -0.1) is 0 Å². The number of hydrogen-bond acceptors (Lipinski definition) is 4. The third-order valence-corrected chi connectivity index (χ3v) is 2.77. The lowest BCUT2D eigenvalue weighted by molar-refractivity contribution is -0.387. The van der Waals surface area contributed by atoms with Gasteiger partial charge in [0.2, 0.25) is 5.82 Å². The molecule has 6 nitrogen and oxygen atoms in total. The minimum Gasteiger partial charge on any atom is -0.392 e. The normalized spacial score (nSPS) is 10.2. The van der Waals surface area contributed by atoms with Gasteiger partial charge in [0.15, 0.2) is 0 Å². The summed E-state index contributed by atoms with van der Waals surface area (Å²) in [5.41, 5.74) is 0.251. The van der Waals surface area contributed by atoms with Crippen LogP contribution in [0.2, 0.25) is 0 Å². The van der Waals surface area contributed by atoms with E-state index < -0.39 is 22.3 Å². The molecule has 2 aromatic carbocycles. The molecule has 0 spiro atoms. The van der Waals surface area contributed by atoms with Crippen LogP contribution in [0.1, 0.15) is 15.9 Å². The summed E-state index contributed by atoms with van der Waals surface area (Å²) in [7, 11) is 0. The van der Waals surface area contributed by atoms with Crippen molar-refractivity contribution < 1.29 is 19.2 Å². The molecule has 21 heavy (non-hydrogen) atoms. The number of aliphatic hydroxyl groups is 1. The van der Waals surface area contributed by atoms with Crippen LogP contribution in [0.4, 0.5) is 15.8 Å². The van der Waals surface area contributed by atoms with Crippen LogP contribution in [-0.2, 0) is 6.61 Å². The van der Waals surface area contributed by atoms with E-state index in [1.807, 2.05) is 0 Å². The molecule has 0 saturated carbocycles. The zero-order chi connectivity index (χ0) is 15.4. The molecule has 0 bridgehead atoms. The van der Waals surface area contributed by atoms with Gasteiger partial charge in [-0.1, -0.05) is 12.1 Å². The number of amides is 1. The molecule has 1 amide bonds. The van der Waals surface area contributed by atoms with Gasteiger partial charge in [-0.3, -0.25) is 14.9 Å². The molecule has 0 aromatic heterocycles. The van der Waals surface area contributed by atoms with Gasteiger partial charge in [-0.05, 0) is 29.8 Å². The number of rotatable bonds is 4. The number of nitrogens with zero attached hydrogens (tertiary/aromatic N) is 1. The predicted octanol–water partition coefficient (Wildman–Crippen LogP) is 2.48. The molecule has 0 unspecified atom stereocenters. The number of aliphatic hydroxyl groups excluding tert-OH is 1. The van der Waals surface area contributed by atoms with Gasteiger partial charge >= 0.3 is 5.69 Å². The fourth-order valence-electron chi connectivity index (χ4n) is 1.74. The smallest absolute Gasteiger partial charge is 0.305 e. The summed E-state index contributed by atoms with van der Waals surface area (Å²) < 4.78 is 13.2. The molecular weight excluding hydrogens is 279 g/mol. The Bertz CT molecular complexity index is 703. The number of carbonyl (C=O) groups excluding carboxylic acids is 1. The first kappa shape index (κ1) is 14.6. The van der Waals surface area contributed by atoms with E-state index in [1.165, 1.54) is 0 Å². The summed E-state index contributed by atoms with van der Waals surface area (Å²) in [6, 6.07) is 9.41. The zero-order valence-corrected chi connectivity index (χ0v) is 10.7. The highest BCUT2D eigenvalue weighted by Crippen LogP contribution is 2.19. The van der Waals surface area contributed by atoms with Gasteiger partial charge in [0, 0.05) is 17.3 Å². The Kier molecular flexibility index (Phi) is 4.24. The second kappa shape index (κ2) is 6.10. The molecule has 0 aliphatic rings. The Hall–Kier alpha value is -2.80. The highest BCUT2D eigenvalue weighted by atomic mass is 19.1. The number of anilines is 1. The maximum Gasteiger partial charge on any atom is 0.305 e. The molecule has 2 N–H and O–H groups in total. The standard InChI is InChI=1S/C14H11FN2O4/c15-12-5-4-10(7-13(12)17(20)21)14(19)16-11-3-1-2-9(6-11)8-18/h1-7,18H,8H2,(H,16,19). The van der Waals surface area contributed by atoms with Crippen molar-refractivity contribution in [1.82, 2.24) is 0 Å². The van der Waals surface area contributed by atoms with E-state index in [4.69, 9.17) is 5.11 Å².